The van der Waals surface area contributed by atoms with Crippen LogP contribution in [0, 0.1) is 0 Å². The first-order valence-corrected chi connectivity index (χ1v) is 20.9. The van der Waals surface area contributed by atoms with Crippen molar-refractivity contribution < 1.29 is 0 Å². The maximum Gasteiger partial charge on any atom is 0.125 e. The molecule has 8 aromatic carbocycles. The fourth-order valence-electron chi connectivity index (χ4n) is 11.0. The molecule has 0 saturated heterocycles. The summed E-state index contributed by atoms with van der Waals surface area (Å²) in [6.45, 7) is 4.09. The maximum atomic E-state index is 4.66. The van der Waals surface area contributed by atoms with Crippen LogP contribution in [0.1, 0.15) is 27.8 Å². The Balaban J connectivity index is 1.24. The van der Waals surface area contributed by atoms with Gasteiger partial charge in [0.15, 0.2) is 0 Å². The van der Waals surface area contributed by atoms with Crippen LogP contribution in [0.25, 0.3) is 87.3 Å². The molecule has 59 heavy (non-hydrogen) atoms. The standard InChI is InChI=1S/C54H34N4S/c1-55-31-40-48-47-38-21-9-14-26-45(38)57(32-16-4-3-5-17-32)50(47)49-39-22-10-15-27-46(39)58(51(49)52(48)59-53(40)56-2)33-28-29-37-36-20-8-13-25-43(36)54(44(37)30-33)41-23-11-6-18-34(41)35-19-7-12-24-42(35)54/h3-31H,2H2,1H3. The number of rotatable bonds is 4. The molecule has 0 atom stereocenters. The summed E-state index contributed by atoms with van der Waals surface area (Å²) >= 11 is 1.71. The monoisotopic (exact) mass is 770 g/mol. The molecule has 0 fully saturated rings. The third-order valence-corrected chi connectivity index (χ3v) is 14.2. The van der Waals surface area contributed by atoms with Crippen LogP contribution in [0.3, 0.4) is 0 Å². The first-order chi connectivity index (χ1) is 29.2. The van der Waals surface area contributed by atoms with Crippen molar-refractivity contribution in [3.63, 3.8) is 0 Å². The summed E-state index contributed by atoms with van der Waals surface area (Å²) in [4.78, 5) is 9.27. The summed E-state index contributed by atoms with van der Waals surface area (Å²) in [6.07, 6.45) is 1.97. The zero-order valence-corrected chi connectivity index (χ0v) is 33.0. The van der Waals surface area contributed by atoms with Crippen LogP contribution in [-0.4, -0.2) is 29.1 Å². The van der Waals surface area contributed by atoms with Crippen LogP contribution >= 0.6 is 11.3 Å². The van der Waals surface area contributed by atoms with Gasteiger partial charge in [-0.1, -0.05) is 133 Å². The lowest BCUT2D eigenvalue weighted by Gasteiger charge is -2.30. The number of benzene rings is 8. The molecule has 11 aromatic rings. The van der Waals surface area contributed by atoms with E-state index in [0.717, 1.165) is 43.9 Å². The van der Waals surface area contributed by atoms with E-state index in [1.807, 2.05) is 13.3 Å². The molecular formula is C54H34N4S. The number of thiophene rings is 1. The van der Waals surface area contributed by atoms with Crippen molar-refractivity contribution >= 4 is 83.0 Å². The summed E-state index contributed by atoms with van der Waals surface area (Å²) < 4.78 is 6.17. The fourth-order valence-corrected chi connectivity index (χ4v) is 12.1. The summed E-state index contributed by atoms with van der Waals surface area (Å²) in [5.41, 5.74) is 18.0. The van der Waals surface area contributed by atoms with Crippen LogP contribution in [0.15, 0.2) is 180 Å². The number of hydrogen-bond donors (Lipinski definition) is 0. The quantitative estimate of drug-likeness (QED) is 0.160. The van der Waals surface area contributed by atoms with Gasteiger partial charge >= 0.3 is 0 Å². The van der Waals surface area contributed by atoms with E-state index < -0.39 is 5.41 Å². The summed E-state index contributed by atoms with van der Waals surface area (Å²) in [5.74, 6) is 0. The molecule has 276 valence electrons. The molecule has 0 radical (unpaired) electrons. The highest BCUT2D eigenvalue weighted by molar-refractivity contribution is 7.24. The number of fused-ring (bicyclic) bond motifs is 20. The van der Waals surface area contributed by atoms with E-state index in [1.54, 1.807) is 11.3 Å². The van der Waals surface area contributed by atoms with E-state index in [4.69, 9.17) is 0 Å². The van der Waals surface area contributed by atoms with Gasteiger partial charge in [0.25, 0.3) is 0 Å². The molecule has 4 nitrogen and oxygen atoms in total. The number of hydrogen-bond acceptors (Lipinski definition) is 3. The largest absolute Gasteiger partial charge is 0.309 e. The second kappa shape index (κ2) is 11.9. The zero-order valence-electron chi connectivity index (χ0n) is 32.1. The highest BCUT2D eigenvalue weighted by Crippen LogP contribution is 2.63. The molecule has 0 amide bonds. The lowest BCUT2D eigenvalue weighted by atomic mass is 9.70. The van der Waals surface area contributed by atoms with Gasteiger partial charge in [-0.05, 0) is 87.6 Å². The number of aliphatic imine (C=N–C) groups is 2. The minimum absolute atomic E-state index is 0.455. The summed E-state index contributed by atoms with van der Waals surface area (Å²) in [6, 6.07) is 62.9. The van der Waals surface area contributed by atoms with Gasteiger partial charge in [0, 0.05) is 57.1 Å². The minimum Gasteiger partial charge on any atom is -0.309 e. The third-order valence-electron chi connectivity index (χ3n) is 13.0. The lowest BCUT2D eigenvalue weighted by molar-refractivity contribution is 0.792. The Hall–Kier alpha value is -7.34. The average molecular weight is 771 g/mol. The Kier molecular flexibility index (Phi) is 6.57. The molecule has 2 aliphatic rings. The van der Waals surface area contributed by atoms with Crippen molar-refractivity contribution in [2.75, 3.05) is 7.05 Å². The maximum absolute atomic E-state index is 4.66. The lowest BCUT2D eigenvalue weighted by Crippen LogP contribution is -2.26. The van der Waals surface area contributed by atoms with Crippen LogP contribution in [0.2, 0.25) is 0 Å². The van der Waals surface area contributed by atoms with Crippen LogP contribution in [0.5, 0.6) is 0 Å². The molecule has 5 heteroatoms. The van der Waals surface area contributed by atoms with Crippen molar-refractivity contribution in [2.45, 2.75) is 5.41 Å². The summed E-state index contributed by atoms with van der Waals surface area (Å²) in [7, 11) is 1.84. The van der Waals surface area contributed by atoms with E-state index in [1.165, 1.54) is 76.3 Å². The number of para-hydroxylation sites is 3. The molecular weight excluding hydrogens is 737 g/mol. The second-order valence-electron chi connectivity index (χ2n) is 15.7. The smallest absolute Gasteiger partial charge is 0.125 e. The van der Waals surface area contributed by atoms with E-state index in [2.05, 4.69) is 196 Å². The minimum atomic E-state index is -0.455. The van der Waals surface area contributed by atoms with Gasteiger partial charge in [-0.3, -0.25) is 9.98 Å². The Morgan fingerprint density at radius 3 is 1.64 bits per heavy atom. The molecule has 3 heterocycles. The number of nitrogens with zero attached hydrogens (tertiary/aromatic N) is 4. The van der Waals surface area contributed by atoms with E-state index >= 15 is 0 Å². The zero-order chi connectivity index (χ0) is 39.0. The normalized spacial score (nSPS) is 13.6. The molecule has 3 aromatic heterocycles. The van der Waals surface area contributed by atoms with Gasteiger partial charge in [-0.2, -0.15) is 0 Å². The van der Waals surface area contributed by atoms with Crippen LogP contribution in [0.4, 0.5) is 5.00 Å². The Labute approximate surface area is 344 Å². The molecule has 0 bridgehead atoms. The highest BCUT2D eigenvalue weighted by atomic mass is 32.1. The van der Waals surface area contributed by atoms with Gasteiger partial charge < -0.3 is 9.13 Å². The van der Waals surface area contributed by atoms with Crippen molar-refractivity contribution in [2.24, 2.45) is 9.98 Å². The van der Waals surface area contributed by atoms with Gasteiger partial charge in [0.2, 0.25) is 0 Å². The van der Waals surface area contributed by atoms with E-state index in [-0.39, 0.29) is 0 Å². The molecule has 13 rings (SSSR count). The molecule has 0 unspecified atom stereocenters. The van der Waals surface area contributed by atoms with Crippen LogP contribution in [-0.2, 0) is 5.41 Å². The highest BCUT2D eigenvalue weighted by Gasteiger charge is 2.51. The predicted octanol–water partition coefficient (Wildman–Crippen LogP) is 13.8. The molecule has 0 N–H and O–H groups in total. The van der Waals surface area contributed by atoms with Gasteiger partial charge in [0.05, 0.1) is 32.2 Å². The van der Waals surface area contributed by atoms with Gasteiger partial charge in [0.1, 0.15) is 5.00 Å². The molecule has 2 aliphatic carbocycles. The summed E-state index contributed by atoms with van der Waals surface area (Å²) in [5, 5.41) is 6.86. The van der Waals surface area contributed by atoms with E-state index in [0.29, 0.717) is 0 Å². The van der Waals surface area contributed by atoms with Gasteiger partial charge in [-0.15, -0.1) is 11.3 Å². The van der Waals surface area contributed by atoms with Crippen molar-refractivity contribution in [1.82, 2.24) is 9.13 Å². The average Bonchev–Trinajstić information content (AvgIpc) is 4.07. The molecule has 1 spiro atoms. The molecule has 0 aliphatic heterocycles. The third kappa shape index (κ3) is 3.98. The van der Waals surface area contributed by atoms with E-state index in [9.17, 15) is 0 Å². The van der Waals surface area contributed by atoms with Crippen LogP contribution < -0.4 is 0 Å². The second-order valence-corrected chi connectivity index (χ2v) is 16.7. The predicted molar refractivity (Wildman–Crippen MR) is 250 cm³/mol. The Bertz CT molecular complexity index is 3590. The van der Waals surface area contributed by atoms with Crippen molar-refractivity contribution in [3.05, 3.63) is 198 Å². The number of aromatic nitrogens is 2. The Morgan fingerprint density at radius 2 is 1.03 bits per heavy atom. The molecule has 0 saturated carbocycles. The van der Waals surface area contributed by atoms with Crippen molar-refractivity contribution in [3.8, 4) is 33.6 Å². The first-order valence-electron chi connectivity index (χ1n) is 20.1. The van der Waals surface area contributed by atoms with Crippen molar-refractivity contribution in [1.29, 1.82) is 0 Å². The van der Waals surface area contributed by atoms with Gasteiger partial charge in [-0.25, -0.2) is 0 Å². The first kappa shape index (κ1) is 32.7. The Morgan fingerprint density at radius 1 is 0.508 bits per heavy atom. The fraction of sp³-hybridized carbons (Fsp3) is 0.0370. The topological polar surface area (TPSA) is 34.6 Å². The SMILES string of the molecule is C=Nc1sc2c(c1C=NC)c1c3ccccc3n(-c3ccccc3)c1c1c3ccccc3n(-c3ccc4c(c3)C3(c5ccccc5-c5ccccc53)c3ccccc3-4)c21.